The summed E-state index contributed by atoms with van der Waals surface area (Å²) in [5.41, 5.74) is 1.48. The molecule has 1 amide bonds. The molecule has 3 fully saturated rings. The summed E-state index contributed by atoms with van der Waals surface area (Å²) in [7, 11) is 0. The molecule has 5 nitrogen and oxygen atoms in total. The Balaban J connectivity index is 1.61. The topological polar surface area (TPSA) is 66.6 Å². The van der Waals surface area contributed by atoms with Crippen molar-refractivity contribution in [1.29, 1.82) is 0 Å². The van der Waals surface area contributed by atoms with Gasteiger partial charge in [0, 0.05) is 23.6 Å². The van der Waals surface area contributed by atoms with E-state index in [-0.39, 0.29) is 30.0 Å². The van der Waals surface area contributed by atoms with Crippen molar-refractivity contribution < 1.29 is 14.4 Å². The molecule has 1 saturated carbocycles. The van der Waals surface area contributed by atoms with Crippen LogP contribution < -0.4 is 0 Å². The summed E-state index contributed by atoms with van der Waals surface area (Å²) in [4.78, 5) is 15.6. The van der Waals surface area contributed by atoms with Gasteiger partial charge in [0.25, 0.3) is 5.91 Å². The van der Waals surface area contributed by atoms with Crippen LogP contribution >= 0.6 is 23.2 Å². The van der Waals surface area contributed by atoms with E-state index in [1.165, 1.54) is 0 Å². The molecule has 1 aromatic heterocycles. The number of aromatic nitrogens is 1. The average Bonchev–Trinajstić information content (AvgIpc) is 3.32. The van der Waals surface area contributed by atoms with Gasteiger partial charge in [-0.2, -0.15) is 0 Å². The molecule has 2 aliphatic heterocycles. The number of aliphatic hydroxyl groups is 1. The van der Waals surface area contributed by atoms with E-state index in [1.807, 2.05) is 4.90 Å². The number of aliphatic hydroxyl groups excluding tert-OH is 1. The Morgan fingerprint density at radius 2 is 1.74 bits per heavy atom. The lowest BCUT2D eigenvalue weighted by Crippen LogP contribution is -2.48. The van der Waals surface area contributed by atoms with Crippen LogP contribution in [0.4, 0.5) is 0 Å². The fourth-order valence-electron chi connectivity index (χ4n) is 4.64. The van der Waals surface area contributed by atoms with Gasteiger partial charge in [-0.15, -0.1) is 0 Å². The fraction of sp³-hybridized carbons (Fsp3) is 0.500. The predicted octanol–water partition coefficient (Wildman–Crippen LogP) is 4.65. The highest BCUT2D eigenvalue weighted by molar-refractivity contribution is 6.39. The first-order chi connectivity index (χ1) is 13.0. The van der Waals surface area contributed by atoms with E-state index >= 15 is 0 Å². The second-order valence-corrected chi connectivity index (χ2v) is 8.68. The van der Waals surface area contributed by atoms with Crippen molar-refractivity contribution in [1.82, 2.24) is 10.1 Å². The molecule has 1 aliphatic carbocycles. The number of benzene rings is 1. The van der Waals surface area contributed by atoms with Crippen molar-refractivity contribution in [2.45, 2.75) is 62.6 Å². The zero-order valence-corrected chi connectivity index (χ0v) is 16.2. The van der Waals surface area contributed by atoms with E-state index in [0.717, 1.165) is 25.7 Å². The highest BCUT2D eigenvalue weighted by atomic mass is 35.5. The van der Waals surface area contributed by atoms with Crippen molar-refractivity contribution in [2.75, 3.05) is 0 Å². The Morgan fingerprint density at radius 1 is 1.11 bits per heavy atom. The first kappa shape index (κ1) is 17.5. The maximum Gasteiger partial charge on any atom is 0.260 e. The Kier molecular flexibility index (Phi) is 4.22. The van der Waals surface area contributed by atoms with Crippen LogP contribution in [-0.2, 0) is 0 Å². The van der Waals surface area contributed by atoms with Crippen molar-refractivity contribution >= 4 is 29.1 Å². The summed E-state index contributed by atoms with van der Waals surface area (Å²) in [5, 5.41) is 15.2. The Hall–Kier alpha value is -1.56. The third kappa shape index (κ3) is 2.87. The number of hydrogen-bond donors (Lipinski definition) is 1. The molecule has 3 aliphatic rings. The summed E-state index contributed by atoms with van der Waals surface area (Å²) < 4.78 is 5.64. The van der Waals surface area contributed by atoms with Gasteiger partial charge in [0.15, 0.2) is 5.76 Å². The van der Waals surface area contributed by atoms with Crippen molar-refractivity contribution in [2.24, 2.45) is 0 Å². The second-order valence-electron chi connectivity index (χ2n) is 7.86. The van der Waals surface area contributed by atoms with E-state index in [9.17, 15) is 9.90 Å². The number of amides is 1. The largest absolute Gasteiger partial charge is 0.393 e. The van der Waals surface area contributed by atoms with Crippen LogP contribution in [0.25, 0.3) is 11.3 Å². The van der Waals surface area contributed by atoms with E-state index in [4.69, 9.17) is 27.7 Å². The molecule has 27 heavy (non-hydrogen) atoms. The molecule has 1 unspecified atom stereocenters. The predicted molar refractivity (Wildman–Crippen MR) is 102 cm³/mol. The minimum Gasteiger partial charge on any atom is -0.393 e. The van der Waals surface area contributed by atoms with E-state index < -0.39 is 0 Å². The molecule has 0 radical (unpaired) electrons. The normalized spacial score (nSPS) is 27.2. The lowest BCUT2D eigenvalue weighted by atomic mass is 9.96. The minimum atomic E-state index is -0.325. The van der Waals surface area contributed by atoms with Crippen LogP contribution in [0, 0.1) is 0 Å². The number of carbonyl (C=O) groups is 1. The molecule has 1 aromatic carbocycles. The maximum atomic E-state index is 13.7. The molecule has 2 aromatic rings. The van der Waals surface area contributed by atoms with E-state index in [2.05, 4.69) is 5.16 Å². The third-order valence-electron chi connectivity index (χ3n) is 6.02. The van der Waals surface area contributed by atoms with Crippen LogP contribution in [0.2, 0.25) is 10.0 Å². The average molecular weight is 407 g/mol. The number of fused-ring (bicyclic) bond motifs is 2. The number of halogens is 2. The molecule has 142 valence electrons. The summed E-state index contributed by atoms with van der Waals surface area (Å²) in [6.45, 7) is 0. The number of piperidine rings is 1. The van der Waals surface area contributed by atoms with Crippen LogP contribution in [0.3, 0.4) is 0 Å². The highest BCUT2D eigenvalue weighted by Crippen LogP contribution is 2.47. The third-order valence-corrected chi connectivity index (χ3v) is 6.65. The van der Waals surface area contributed by atoms with Crippen LogP contribution in [0.1, 0.15) is 60.6 Å². The molecule has 3 heterocycles. The van der Waals surface area contributed by atoms with Crippen LogP contribution in [0.5, 0.6) is 0 Å². The van der Waals surface area contributed by atoms with Gasteiger partial charge in [-0.25, -0.2) is 0 Å². The van der Waals surface area contributed by atoms with Gasteiger partial charge < -0.3 is 14.5 Å². The highest BCUT2D eigenvalue weighted by Gasteiger charge is 2.46. The zero-order chi connectivity index (χ0) is 18.7. The first-order valence-corrected chi connectivity index (χ1v) is 10.2. The van der Waals surface area contributed by atoms with Gasteiger partial charge in [0.1, 0.15) is 11.3 Å². The molecule has 2 saturated heterocycles. The number of carbonyl (C=O) groups excluding carboxylic acids is 1. The monoisotopic (exact) mass is 406 g/mol. The Morgan fingerprint density at radius 3 is 2.33 bits per heavy atom. The smallest absolute Gasteiger partial charge is 0.260 e. The standard InChI is InChI=1S/C20H20Cl2N2O3/c21-14-2-1-3-15(22)16(14)18-17(19(27-23-18)10-4-5-10)20(26)24-11-6-7-12(24)9-13(25)8-11/h1-3,10-13,25H,4-9H2/t11-,12+,13?. The molecular formula is C20H20Cl2N2O3. The molecule has 1 N–H and O–H groups in total. The summed E-state index contributed by atoms with van der Waals surface area (Å²) >= 11 is 12.8. The van der Waals surface area contributed by atoms with E-state index in [0.29, 0.717) is 45.5 Å². The fourth-order valence-corrected chi connectivity index (χ4v) is 5.21. The molecule has 5 rings (SSSR count). The minimum absolute atomic E-state index is 0.0662. The maximum absolute atomic E-state index is 13.7. The zero-order valence-electron chi connectivity index (χ0n) is 14.7. The van der Waals surface area contributed by atoms with Gasteiger partial charge >= 0.3 is 0 Å². The van der Waals surface area contributed by atoms with Crippen molar-refractivity contribution in [3.8, 4) is 11.3 Å². The summed E-state index contributed by atoms with van der Waals surface area (Å²) in [6, 6.07) is 5.39. The molecule has 0 spiro atoms. The molecule has 2 bridgehead atoms. The quantitative estimate of drug-likeness (QED) is 0.804. The summed E-state index contributed by atoms with van der Waals surface area (Å²) in [5.74, 6) is 0.819. The number of nitrogens with zero attached hydrogens (tertiary/aromatic N) is 2. The van der Waals surface area contributed by atoms with Crippen LogP contribution in [-0.4, -0.2) is 39.3 Å². The first-order valence-electron chi connectivity index (χ1n) is 9.49. The molecular weight excluding hydrogens is 387 g/mol. The van der Waals surface area contributed by atoms with Crippen LogP contribution in [0.15, 0.2) is 22.7 Å². The van der Waals surface area contributed by atoms with Gasteiger partial charge in [-0.1, -0.05) is 34.4 Å². The number of hydrogen-bond acceptors (Lipinski definition) is 4. The number of rotatable bonds is 3. The van der Waals surface area contributed by atoms with E-state index in [1.54, 1.807) is 18.2 Å². The van der Waals surface area contributed by atoms with Crippen molar-refractivity contribution in [3.05, 3.63) is 39.6 Å². The van der Waals surface area contributed by atoms with Gasteiger partial charge in [0.2, 0.25) is 0 Å². The van der Waals surface area contributed by atoms with Gasteiger partial charge in [-0.3, -0.25) is 4.79 Å². The molecule has 3 atom stereocenters. The second kappa shape index (κ2) is 6.50. The molecule has 7 heteroatoms. The van der Waals surface area contributed by atoms with Gasteiger partial charge in [0.05, 0.1) is 16.1 Å². The Labute approximate surface area is 167 Å². The Bertz CT molecular complexity index is 874. The van der Waals surface area contributed by atoms with Crippen molar-refractivity contribution in [3.63, 3.8) is 0 Å². The lowest BCUT2D eigenvalue weighted by molar-refractivity contribution is 0.0286. The lowest BCUT2D eigenvalue weighted by Gasteiger charge is -2.37. The van der Waals surface area contributed by atoms with Gasteiger partial charge in [-0.05, 0) is 50.7 Å². The summed E-state index contributed by atoms with van der Waals surface area (Å²) in [6.07, 6.45) is 4.80. The SMILES string of the molecule is O=C(c1c(-c2c(Cl)cccc2Cl)noc1C1CC1)N1[C@@H]2CC[C@H]1CC(O)C2.